The normalized spacial score (nSPS) is 11.0. The molecule has 2 N–H and O–H groups in total. The fraction of sp³-hybridized carbons (Fsp3) is 0.105. The van der Waals surface area contributed by atoms with Crippen molar-refractivity contribution in [3.05, 3.63) is 63.5 Å². The van der Waals surface area contributed by atoms with Crippen molar-refractivity contribution >= 4 is 45.5 Å². The molecule has 136 valence electrons. The number of para-hydroxylation sites is 2. The minimum absolute atomic E-state index is 0.248. The Morgan fingerprint density at radius 3 is 2.93 bits per heavy atom. The lowest BCUT2D eigenvalue weighted by molar-refractivity contribution is -0.118. The third kappa shape index (κ3) is 3.50. The highest BCUT2D eigenvalue weighted by Gasteiger charge is 2.12. The molecule has 2 aromatic carbocycles. The number of nitrogens with zero attached hydrogens (tertiary/aromatic N) is 1. The average Bonchev–Trinajstić information content (AvgIpc) is 3.03. The molecule has 0 unspecified atom stereocenters. The maximum atomic E-state index is 12.1. The molecular weight excluding hydrogens is 370 g/mol. The molecule has 0 aliphatic rings. The van der Waals surface area contributed by atoms with Crippen molar-refractivity contribution < 1.29 is 13.9 Å². The van der Waals surface area contributed by atoms with E-state index in [0.29, 0.717) is 21.9 Å². The number of imidazole rings is 1. The maximum absolute atomic E-state index is 12.1. The number of carbonyl (C=O) groups is 1. The lowest BCUT2D eigenvalue weighted by Gasteiger charge is -2.09. The first-order valence-electron chi connectivity index (χ1n) is 8.11. The first kappa shape index (κ1) is 17.1. The number of aromatic nitrogens is 2. The summed E-state index contributed by atoms with van der Waals surface area (Å²) in [7, 11) is 0. The smallest absolute Gasteiger partial charge is 0.336 e. The molecule has 27 heavy (non-hydrogen) atoms. The van der Waals surface area contributed by atoms with Crippen LogP contribution in [0, 0.1) is 6.92 Å². The zero-order chi connectivity index (χ0) is 19.0. The average molecular weight is 384 g/mol. The van der Waals surface area contributed by atoms with E-state index >= 15 is 0 Å². The number of H-pyrrole nitrogens is 1. The highest BCUT2D eigenvalue weighted by molar-refractivity contribution is 6.32. The summed E-state index contributed by atoms with van der Waals surface area (Å²) >= 11 is 6.22. The van der Waals surface area contributed by atoms with Gasteiger partial charge >= 0.3 is 5.63 Å². The van der Waals surface area contributed by atoms with Gasteiger partial charge in [0, 0.05) is 17.5 Å². The van der Waals surface area contributed by atoms with Crippen molar-refractivity contribution in [2.45, 2.75) is 6.92 Å². The largest absolute Gasteiger partial charge is 0.482 e. The van der Waals surface area contributed by atoms with Gasteiger partial charge in [-0.2, -0.15) is 0 Å². The number of carbonyl (C=O) groups excluding carboxylic acids is 1. The van der Waals surface area contributed by atoms with Gasteiger partial charge in [-0.3, -0.25) is 10.1 Å². The fourth-order valence-electron chi connectivity index (χ4n) is 2.75. The topological polar surface area (TPSA) is 97.2 Å². The molecule has 0 saturated carbocycles. The second-order valence-corrected chi connectivity index (χ2v) is 6.37. The zero-order valence-corrected chi connectivity index (χ0v) is 15.0. The number of hydrogen-bond acceptors (Lipinski definition) is 5. The Hall–Kier alpha value is -3.32. The van der Waals surface area contributed by atoms with Gasteiger partial charge < -0.3 is 14.1 Å². The summed E-state index contributed by atoms with van der Waals surface area (Å²) in [6, 6.07) is 12.0. The first-order chi connectivity index (χ1) is 13.0. The van der Waals surface area contributed by atoms with Crippen LogP contribution in [-0.2, 0) is 4.79 Å². The second kappa shape index (κ2) is 6.77. The maximum Gasteiger partial charge on any atom is 0.336 e. The molecule has 0 atom stereocenters. The summed E-state index contributed by atoms with van der Waals surface area (Å²) in [5, 5.41) is 3.65. The summed E-state index contributed by atoms with van der Waals surface area (Å²) in [6.45, 7) is 1.51. The zero-order valence-electron chi connectivity index (χ0n) is 14.2. The van der Waals surface area contributed by atoms with Crippen LogP contribution in [-0.4, -0.2) is 22.5 Å². The van der Waals surface area contributed by atoms with E-state index in [1.54, 1.807) is 13.0 Å². The third-order valence-electron chi connectivity index (χ3n) is 4.01. The van der Waals surface area contributed by atoms with Crippen LogP contribution in [0.2, 0.25) is 5.02 Å². The van der Waals surface area contributed by atoms with Crippen LogP contribution in [0.15, 0.2) is 51.7 Å². The summed E-state index contributed by atoms with van der Waals surface area (Å²) in [5.74, 6) is 0.171. The Morgan fingerprint density at radius 1 is 1.30 bits per heavy atom. The van der Waals surface area contributed by atoms with E-state index in [9.17, 15) is 9.59 Å². The molecule has 0 aliphatic carbocycles. The SMILES string of the molecule is Cc1cc(=O)oc2cc(OCC(=O)Nc3nc4ccccc4[nH]3)c(Cl)cc12. The molecular formula is C19H14ClN3O4. The van der Waals surface area contributed by atoms with E-state index < -0.39 is 11.5 Å². The summed E-state index contributed by atoms with van der Waals surface area (Å²) in [4.78, 5) is 30.9. The van der Waals surface area contributed by atoms with Crippen LogP contribution in [0.1, 0.15) is 5.56 Å². The van der Waals surface area contributed by atoms with E-state index in [2.05, 4.69) is 15.3 Å². The Kier molecular flexibility index (Phi) is 4.29. The quantitative estimate of drug-likeness (QED) is 0.524. The number of hydrogen-bond donors (Lipinski definition) is 2. The molecule has 2 aromatic heterocycles. The number of rotatable bonds is 4. The number of aryl methyl sites for hydroxylation is 1. The molecule has 7 nitrogen and oxygen atoms in total. The molecule has 0 fully saturated rings. The fourth-order valence-corrected chi connectivity index (χ4v) is 2.97. The number of aromatic amines is 1. The first-order valence-corrected chi connectivity index (χ1v) is 8.49. The number of nitrogens with one attached hydrogen (secondary N) is 2. The second-order valence-electron chi connectivity index (χ2n) is 5.97. The number of fused-ring (bicyclic) bond motifs is 2. The molecule has 0 radical (unpaired) electrons. The van der Waals surface area contributed by atoms with Gasteiger partial charge in [0.05, 0.1) is 16.1 Å². The Labute approximate surface area is 157 Å². The van der Waals surface area contributed by atoms with Crippen molar-refractivity contribution in [1.29, 1.82) is 0 Å². The van der Waals surface area contributed by atoms with Crippen molar-refractivity contribution in [1.82, 2.24) is 9.97 Å². The Morgan fingerprint density at radius 2 is 2.11 bits per heavy atom. The summed E-state index contributed by atoms with van der Waals surface area (Å²) in [6.07, 6.45) is 0. The van der Waals surface area contributed by atoms with Gasteiger partial charge in [0.15, 0.2) is 6.61 Å². The van der Waals surface area contributed by atoms with Crippen molar-refractivity contribution in [2.75, 3.05) is 11.9 Å². The minimum Gasteiger partial charge on any atom is -0.482 e. The molecule has 4 aromatic rings. The van der Waals surface area contributed by atoms with Gasteiger partial charge in [-0.05, 0) is 30.7 Å². The van der Waals surface area contributed by atoms with Gasteiger partial charge in [-0.25, -0.2) is 9.78 Å². The number of anilines is 1. The Bertz CT molecular complexity index is 1200. The van der Waals surface area contributed by atoms with E-state index in [1.807, 2.05) is 24.3 Å². The van der Waals surface area contributed by atoms with Crippen LogP contribution < -0.4 is 15.7 Å². The van der Waals surface area contributed by atoms with Crippen molar-refractivity contribution in [3.8, 4) is 5.75 Å². The van der Waals surface area contributed by atoms with Crippen LogP contribution in [0.4, 0.5) is 5.95 Å². The highest BCUT2D eigenvalue weighted by atomic mass is 35.5. The number of halogens is 1. The van der Waals surface area contributed by atoms with Crippen molar-refractivity contribution in [2.24, 2.45) is 0 Å². The molecule has 8 heteroatoms. The monoisotopic (exact) mass is 383 g/mol. The minimum atomic E-state index is -0.462. The Balaban J connectivity index is 1.49. The van der Waals surface area contributed by atoms with Gasteiger partial charge in [-0.1, -0.05) is 23.7 Å². The summed E-state index contributed by atoms with van der Waals surface area (Å²) < 4.78 is 10.6. The van der Waals surface area contributed by atoms with Gasteiger partial charge in [0.25, 0.3) is 5.91 Å². The standard InChI is InChI=1S/C19H14ClN3O4/c1-10-6-18(25)27-15-8-16(12(20)7-11(10)15)26-9-17(24)23-19-21-13-4-2-3-5-14(13)22-19/h2-8H,9H2,1H3,(H2,21,22,23,24). The van der Waals surface area contributed by atoms with E-state index in [4.69, 9.17) is 20.8 Å². The van der Waals surface area contributed by atoms with Crippen LogP contribution in [0.25, 0.3) is 22.0 Å². The predicted octanol–water partition coefficient (Wildman–Crippen LogP) is 3.65. The van der Waals surface area contributed by atoms with E-state index in [0.717, 1.165) is 16.6 Å². The molecule has 0 spiro atoms. The van der Waals surface area contributed by atoms with Gasteiger partial charge in [0.2, 0.25) is 5.95 Å². The van der Waals surface area contributed by atoms with Gasteiger partial charge in [-0.15, -0.1) is 0 Å². The lowest BCUT2D eigenvalue weighted by atomic mass is 10.1. The van der Waals surface area contributed by atoms with Crippen LogP contribution >= 0.6 is 11.6 Å². The number of amides is 1. The summed E-state index contributed by atoms with van der Waals surface area (Å²) in [5.41, 5.74) is 2.19. The predicted molar refractivity (Wildman–Crippen MR) is 102 cm³/mol. The number of benzene rings is 2. The van der Waals surface area contributed by atoms with Crippen molar-refractivity contribution in [3.63, 3.8) is 0 Å². The van der Waals surface area contributed by atoms with Gasteiger partial charge in [0.1, 0.15) is 11.3 Å². The van der Waals surface area contributed by atoms with Crippen LogP contribution in [0.3, 0.4) is 0 Å². The number of ether oxygens (including phenoxy) is 1. The molecule has 0 saturated heterocycles. The van der Waals surface area contributed by atoms with E-state index in [-0.39, 0.29) is 12.4 Å². The third-order valence-corrected chi connectivity index (χ3v) is 4.31. The molecule has 0 bridgehead atoms. The highest BCUT2D eigenvalue weighted by Crippen LogP contribution is 2.31. The van der Waals surface area contributed by atoms with E-state index in [1.165, 1.54) is 12.1 Å². The lowest BCUT2D eigenvalue weighted by Crippen LogP contribution is -2.21. The molecule has 0 aliphatic heterocycles. The molecule has 1 amide bonds. The molecule has 4 rings (SSSR count). The van der Waals surface area contributed by atoms with Crippen LogP contribution in [0.5, 0.6) is 5.75 Å². The molecule has 2 heterocycles.